The molecule has 0 aromatic carbocycles. The number of carbonyl (C=O) groups is 3. The normalized spacial score (nSPS) is 16.5. The molecule has 1 amide bonds. The maximum absolute atomic E-state index is 11.5. The minimum atomic E-state index is -3.51. The lowest BCUT2D eigenvalue weighted by molar-refractivity contribution is -0.142. The zero-order valence-corrected chi connectivity index (χ0v) is 13.6. The Morgan fingerprint density at radius 1 is 1.17 bits per heavy atom. The van der Waals surface area contributed by atoms with Crippen LogP contribution in [0.5, 0.6) is 0 Å². The van der Waals surface area contributed by atoms with Crippen molar-refractivity contribution in [1.82, 2.24) is 5.32 Å². The summed E-state index contributed by atoms with van der Waals surface area (Å²) in [4.78, 5) is 33.6. The van der Waals surface area contributed by atoms with Crippen LogP contribution in [0.4, 0.5) is 4.79 Å². The van der Waals surface area contributed by atoms with E-state index in [4.69, 9.17) is 18.3 Å². The van der Waals surface area contributed by atoms with Gasteiger partial charge in [0.2, 0.25) is 0 Å². The lowest BCUT2D eigenvalue weighted by Crippen LogP contribution is -2.29. The van der Waals surface area contributed by atoms with E-state index < -0.39 is 25.9 Å². The summed E-state index contributed by atoms with van der Waals surface area (Å²) in [6, 6.07) is 0. The van der Waals surface area contributed by atoms with Crippen LogP contribution in [0.25, 0.3) is 0 Å². The van der Waals surface area contributed by atoms with Crippen molar-refractivity contribution in [2.24, 2.45) is 0 Å². The van der Waals surface area contributed by atoms with Gasteiger partial charge in [0.25, 0.3) is 0 Å². The Bertz CT molecular complexity index is 507. The molecule has 130 valence electrons. The van der Waals surface area contributed by atoms with E-state index >= 15 is 0 Å². The Morgan fingerprint density at radius 2 is 1.78 bits per heavy atom. The van der Waals surface area contributed by atoms with Gasteiger partial charge >= 0.3 is 25.9 Å². The number of hydrogen-bond donors (Lipinski definition) is 1. The van der Waals surface area contributed by atoms with Crippen molar-refractivity contribution in [2.75, 3.05) is 26.4 Å². The summed E-state index contributed by atoms with van der Waals surface area (Å²) in [7, 11) is -3.51. The van der Waals surface area contributed by atoms with Gasteiger partial charge in [0.05, 0.1) is 25.9 Å². The largest absolute Gasteiger partial charge is 0.475 e. The van der Waals surface area contributed by atoms with E-state index in [0.717, 1.165) is 12.2 Å². The molecule has 0 aliphatic carbocycles. The van der Waals surface area contributed by atoms with Crippen molar-refractivity contribution < 1.29 is 42.0 Å². The van der Waals surface area contributed by atoms with Crippen LogP contribution in [-0.4, -0.2) is 50.5 Å². The summed E-state index contributed by atoms with van der Waals surface area (Å²) in [5.74, 6) is -1.77. The smallest absolute Gasteiger partial charge is 0.460 e. The zero-order valence-electron chi connectivity index (χ0n) is 12.7. The van der Waals surface area contributed by atoms with E-state index in [2.05, 4.69) is 10.1 Å². The standard InChI is InChI=1S/C12H18NO9P/c1-9(2)21-10(14)3-4-11(15)22-12(16)13-5-6-18-23(17)19-7-8-20-23/h3-4,9H,5-8H2,1-2H3,(H,13,16)/b4-3+. The summed E-state index contributed by atoms with van der Waals surface area (Å²) >= 11 is 0. The van der Waals surface area contributed by atoms with E-state index in [1.807, 2.05) is 0 Å². The molecule has 10 nitrogen and oxygen atoms in total. The van der Waals surface area contributed by atoms with Crippen LogP contribution in [0.1, 0.15) is 13.8 Å². The Labute approximate surface area is 132 Å². The molecule has 1 aliphatic heterocycles. The van der Waals surface area contributed by atoms with E-state index in [-0.39, 0.29) is 32.5 Å². The van der Waals surface area contributed by atoms with Gasteiger partial charge in [0.1, 0.15) is 0 Å². The summed E-state index contributed by atoms with van der Waals surface area (Å²) in [6.07, 6.45) is 0.233. The molecule has 1 aliphatic rings. The number of rotatable bonds is 7. The second kappa shape index (κ2) is 9.41. The Balaban J connectivity index is 2.17. The molecule has 0 aromatic heterocycles. The zero-order chi connectivity index (χ0) is 17.3. The lowest BCUT2D eigenvalue weighted by atomic mass is 10.4. The first-order valence-corrected chi connectivity index (χ1v) is 8.19. The molecule has 1 N–H and O–H groups in total. The van der Waals surface area contributed by atoms with Crippen LogP contribution in [-0.2, 0) is 37.2 Å². The Morgan fingerprint density at radius 3 is 2.39 bits per heavy atom. The summed E-state index contributed by atoms with van der Waals surface area (Å²) < 4.78 is 35.0. The maximum Gasteiger partial charge on any atom is 0.475 e. The van der Waals surface area contributed by atoms with Crippen LogP contribution < -0.4 is 5.32 Å². The van der Waals surface area contributed by atoms with Crippen LogP contribution >= 0.6 is 7.82 Å². The average molecular weight is 351 g/mol. The van der Waals surface area contributed by atoms with Crippen molar-refractivity contribution in [3.63, 3.8) is 0 Å². The number of carbonyl (C=O) groups excluding carboxylic acids is 3. The summed E-state index contributed by atoms with van der Waals surface area (Å²) in [6.45, 7) is 3.41. The third-order valence-electron chi connectivity index (χ3n) is 2.10. The number of esters is 2. The molecular weight excluding hydrogens is 333 g/mol. The van der Waals surface area contributed by atoms with E-state index in [0.29, 0.717) is 0 Å². The van der Waals surface area contributed by atoms with E-state index in [1.165, 1.54) is 0 Å². The fourth-order valence-electron chi connectivity index (χ4n) is 1.29. The highest BCUT2D eigenvalue weighted by atomic mass is 31.2. The van der Waals surface area contributed by atoms with Gasteiger partial charge in [-0.1, -0.05) is 0 Å². The number of phosphoric ester groups is 1. The molecular formula is C12H18NO9P. The molecule has 1 rings (SSSR count). The first-order chi connectivity index (χ1) is 10.8. The van der Waals surface area contributed by atoms with Crippen molar-refractivity contribution >= 4 is 25.9 Å². The van der Waals surface area contributed by atoms with E-state index in [9.17, 15) is 18.9 Å². The Kier molecular flexibility index (Phi) is 7.90. The molecule has 23 heavy (non-hydrogen) atoms. The monoisotopic (exact) mass is 351 g/mol. The SMILES string of the molecule is CC(C)OC(=O)/C=C/C(=O)OC(=O)NCCOP1(=O)OCCO1. The fraction of sp³-hybridized carbons (Fsp3) is 0.583. The number of hydrogen-bond acceptors (Lipinski definition) is 9. The first kappa shape index (κ1) is 19.3. The van der Waals surface area contributed by atoms with Gasteiger partial charge in [-0.25, -0.2) is 18.9 Å². The van der Waals surface area contributed by atoms with Gasteiger partial charge in [-0.2, -0.15) is 0 Å². The Hall–Kier alpha value is -1.74. The lowest BCUT2D eigenvalue weighted by Gasteiger charge is -2.09. The van der Waals surface area contributed by atoms with Gasteiger partial charge < -0.3 is 14.8 Å². The highest BCUT2D eigenvalue weighted by molar-refractivity contribution is 7.48. The third kappa shape index (κ3) is 8.46. The van der Waals surface area contributed by atoms with Crippen LogP contribution in [0.2, 0.25) is 0 Å². The third-order valence-corrected chi connectivity index (χ3v) is 3.60. The molecule has 0 radical (unpaired) electrons. The van der Waals surface area contributed by atoms with Crippen LogP contribution in [0.15, 0.2) is 12.2 Å². The van der Waals surface area contributed by atoms with Gasteiger partial charge in [-0.05, 0) is 13.8 Å². The number of phosphoric acid groups is 1. The average Bonchev–Trinajstić information content (AvgIpc) is 2.88. The van der Waals surface area contributed by atoms with Gasteiger partial charge in [0.15, 0.2) is 0 Å². The highest BCUT2D eigenvalue weighted by Gasteiger charge is 2.31. The molecule has 0 spiro atoms. The minimum absolute atomic E-state index is 0.0814. The molecule has 0 saturated carbocycles. The predicted octanol–water partition coefficient (Wildman–Crippen LogP) is 0.918. The quantitative estimate of drug-likeness (QED) is 0.234. The molecule has 1 saturated heterocycles. The van der Waals surface area contributed by atoms with Crippen molar-refractivity contribution in [3.8, 4) is 0 Å². The van der Waals surface area contributed by atoms with Gasteiger partial charge in [0, 0.05) is 18.7 Å². The van der Waals surface area contributed by atoms with Crippen molar-refractivity contribution in [1.29, 1.82) is 0 Å². The van der Waals surface area contributed by atoms with Crippen LogP contribution in [0.3, 0.4) is 0 Å². The molecule has 0 atom stereocenters. The molecule has 0 unspecified atom stereocenters. The molecule has 11 heteroatoms. The number of ether oxygens (including phenoxy) is 2. The van der Waals surface area contributed by atoms with E-state index in [1.54, 1.807) is 13.8 Å². The number of amides is 1. The second-order valence-electron chi connectivity index (χ2n) is 4.40. The van der Waals surface area contributed by atoms with Crippen molar-refractivity contribution in [3.05, 3.63) is 12.2 Å². The predicted molar refractivity (Wildman–Crippen MR) is 75.3 cm³/mol. The van der Waals surface area contributed by atoms with Gasteiger partial charge in [-0.3, -0.25) is 13.6 Å². The molecule has 1 fully saturated rings. The van der Waals surface area contributed by atoms with Gasteiger partial charge in [-0.15, -0.1) is 0 Å². The highest BCUT2D eigenvalue weighted by Crippen LogP contribution is 2.52. The minimum Gasteiger partial charge on any atom is -0.460 e. The topological polar surface area (TPSA) is 126 Å². The van der Waals surface area contributed by atoms with Crippen molar-refractivity contribution in [2.45, 2.75) is 20.0 Å². The first-order valence-electron chi connectivity index (χ1n) is 6.73. The second-order valence-corrected chi connectivity index (χ2v) is 6.07. The molecule has 1 heterocycles. The molecule has 0 bridgehead atoms. The number of nitrogens with one attached hydrogen (secondary N) is 1. The van der Waals surface area contributed by atoms with Crippen LogP contribution in [0, 0.1) is 0 Å². The maximum atomic E-state index is 11.5. The fourth-order valence-corrected chi connectivity index (χ4v) is 2.42. The number of alkyl carbamates (subject to hydrolysis) is 1. The molecule has 0 aromatic rings. The summed E-state index contributed by atoms with van der Waals surface area (Å²) in [5, 5.41) is 2.19. The summed E-state index contributed by atoms with van der Waals surface area (Å²) in [5.41, 5.74) is 0.